The van der Waals surface area contributed by atoms with Crippen LogP contribution in [0.15, 0.2) is 25.0 Å². The first-order valence-corrected chi connectivity index (χ1v) is 12.1. The topological polar surface area (TPSA) is 86.0 Å². The average Bonchev–Trinajstić information content (AvgIpc) is 3.72. The molecule has 4 fully saturated rings. The molecule has 0 radical (unpaired) electrons. The van der Waals surface area contributed by atoms with Crippen molar-refractivity contribution >= 4 is 17.8 Å². The number of hydrogen-bond donors (Lipinski definition) is 0. The van der Waals surface area contributed by atoms with Crippen LogP contribution in [0, 0.1) is 23.2 Å². The summed E-state index contributed by atoms with van der Waals surface area (Å²) >= 11 is 0. The number of nitriles is 1. The van der Waals surface area contributed by atoms with E-state index >= 15 is 0 Å². The maximum Gasteiger partial charge on any atom is 0.226 e. The van der Waals surface area contributed by atoms with E-state index < -0.39 is 0 Å². The number of pyridine rings is 1. The molecule has 168 valence electrons. The molecule has 33 heavy (non-hydrogen) atoms. The molecule has 0 spiro atoms. The monoisotopic (exact) mass is 440 g/mol. The highest BCUT2D eigenvalue weighted by molar-refractivity contribution is 5.82. The van der Waals surface area contributed by atoms with Crippen molar-refractivity contribution in [1.82, 2.24) is 19.9 Å². The summed E-state index contributed by atoms with van der Waals surface area (Å²) in [5.41, 5.74) is 4.06. The van der Waals surface area contributed by atoms with Gasteiger partial charge >= 0.3 is 0 Å². The van der Waals surface area contributed by atoms with Crippen molar-refractivity contribution < 1.29 is 4.79 Å². The van der Waals surface area contributed by atoms with Crippen molar-refractivity contribution in [2.75, 3.05) is 24.5 Å². The van der Waals surface area contributed by atoms with Crippen LogP contribution < -0.4 is 4.90 Å². The molecule has 1 unspecified atom stereocenters. The molecule has 1 saturated heterocycles. The van der Waals surface area contributed by atoms with Gasteiger partial charge in [-0.15, -0.1) is 0 Å². The lowest BCUT2D eigenvalue weighted by Crippen LogP contribution is -2.57. The van der Waals surface area contributed by atoms with Gasteiger partial charge in [0.2, 0.25) is 5.91 Å². The van der Waals surface area contributed by atoms with Gasteiger partial charge in [0, 0.05) is 37.0 Å². The Morgan fingerprint density at radius 3 is 2.61 bits per heavy atom. The number of rotatable bonds is 6. The molecule has 1 atom stereocenters. The molecule has 0 N–H and O–H groups in total. The number of hydrogen-bond acceptors (Lipinski definition) is 6. The number of nitrogens with zero attached hydrogens (tertiary/aromatic N) is 6. The zero-order valence-corrected chi connectivity index (χ0v) is 18.8. The normalized spacial score (nSPS) is 22.7. The van der Waals surface area contributed by atoms with Crippen molar-refractivity contribution in [3.63, 3.8) is 0 Å². The highest BCUT2D eigenvalue weighted by atomic mass is 16.2. The fourth-order valence-electron chi connectivity index (χ4n) is 5.07. The van der Waals surface area contributed by atoms with E-state index in [1.54, 1.807) is 12.4 Å². The van der Waals surface area contributed by atoms with Crippen molar-refractivity contribution in [2.24, 2.45) is 11.8 Å². The third-order valence-electron chi connectivity index (χ3n) is 7.38. The second-order valence-electron chi connectivity index (χ2n) is 9.87. The molecule has 4 aliphatic rings. The van der Waals surface area contributed by atoms with Crippen LogP contribution in [0.3, 0.4) is 0 Å². The minimum absolute atomic E-state index is 0.237. The molecular weight excluding hydrogens is 412 g/mol. The number of carbonyl (C=O) groups excluding carboxylic acids is 1. The molecule has 1 aliphatic heterocycles. The maximum atomic E-state index is 12.9. The van der Waals surface area contributed by atoms with Crippen molar-refractivity contribution in [3.8, 4) is 17.3 Å². The third-order valence-corrected chi connectivity index (χ3v) is 7.38. The molecule has 2 aromatic rings. The maximum absolute atomic E-state index is 12.9. The number of anilines is 1. The first kappa shape index (κ1) is 20.3. The molecule has 2 aromatic heterocycles. The second kappa shape index (κ2) is 7.95. The third kappa shape index (κ3) is 3.88. The molecule has 1 amide bonds. The molecule has 3 aliphatic carbocycles. The van der Waals surface area contributed by atoms with E-state index in [-0.39, 0.29) is 12.0 Å². The van der Waals surface area contributed by atoms with Crippen LogP contribution in [-0.2, 0) is 4.79 Å². The second-order valence-corrected chi connectivity index (χ2v) is 9.87. The Morgan fingerprint density at radius 1 is 1.12 bits per heavy atom. The molecule has 3 saturated carbocycles. The van der Waals surface area contributed by atoms with Crippen molar-refractivity contribution in [3.05, 3.63) is 42.0 Å². The fourth-order valence-corrected chi connectivity index (χ4v) is 5.07. The summed E-state index contributed by atoms with van der Waals surface area (Å²) in [5, 5.41) is 10.0. The molecule has 6 rings (SSSR count). The van der Waals surface area contributed by atoms with Crippen LogP contribution in [0.2, 0.25) is 0 Å². The van der Waals surface area contributed by atoms with Gasteiger partial charge in [0.05, 0.1) is 28.7 Å². The Morgan fingerprint density at radius 2 is 1.94 bits per heavy atom. The van der Waals surface area contributed by atoms with Gasteiger partial charge in [0.1, 0.15) is 18.2 Å². The number of carbonyl (C=O) groups is 1. The van der Waals surface area contributed by atoms with Gasteiger partial charge in [-0.2, -0.15) is 5.26 Å². The smallest absolute Gasteiger partial charge is 0.226 e. The molecule has 3 heterocycles. The predicted molar refractivity (Wildman–Crippen MR) is 125 cm³/mol. The Kier molecular flexibility index (Phi) is 4.90. The SMILES string of the molecule is C=Cc1cc(-c2cc(C#N)c(N3CCN(C(=O)C4CC4)C(C4CC4)C3)nc2C2CC2)ncn1. The predicted octanol–water partition coefficient (Wildman–Crippen LogP) is 3.77. The van der Waals surface area contributed by atoms with Crippen LogP contribution in [-0.4, -0.2) is 51.4 Å². The van der Waals surface area contributed by atoms with Gasteiger partial charge in [-0.25, -0.2) is 15.0 Å². The summed E-state index contributed by atoms with van der Waals surface area (Å²) in [6.45, 7) is 6.02. The molecule has 0 aromatic carbocycles. The van der Waals surface area contributed by atoms with Crippen LogP contribution >= 0.6 is 0 Å². The van der Waals surface area contributed by atoms with Crippen LogP contribution in [0.1, 0.15) is 61.4 Å². The lowest BCUT2D eigenvalue weighted by Gasteiger charge is -2.43. The van der Waals surface area contributed by atoms with Gasteiger partial charge in [0.25, 0.3) is 0 Å². The van der Waals surface area contributed by atoms with Gasteiger partial charge in [0.15, 0.2) is 0 Å². The minimum Gasteiger partial charge on any atom is -0.352 e. The Balaban J connectivity index is 1.35. The summed E-state index contributed by atoms with van der Waals surface area (Å²) < 4.78 is 0. The van der Waals surface area contributed by atoms with E-state index in [9.17, 15) is 10.1 Å². The van der Waals surface area contributed by atoms with Crippen molar-refractivity contribution in [2.45, 2.75) is 50.5 Å². The van der Waals surface area contributed by atoms with Crippen molar-refractivity contribution in [1.29, 1.82) is 5.26 Å². The van der Waals surface area contributed by atoms with E-state index in [4.69, 9.17) is 4.98 Å². The highest BCUT2D eigenvalue weighted by Crippen LogP contribution is 2.45. The minimum atomic E-state index is 0.237. The number of aromatic nitrogens is 3. The van der Waals surface area contributed by atoms with Crippen LogP contribution in [0.25, 0.3) is 17.3 Å². The fraction of sp³-hybridized carbons (Fsp3) is 0.500. The lowest BCUT2D eigenvalue weighted by atomic mass is 10.0. The van der Waals surface area contributed by atoms with Crippen LogP contribution in [0.5, 0.6) is 0 Å². The first-order valence-electron chi connectivity index (χ1n) is 12.1. The Labute approximate surface area is 194 Å². The van der Waals surface area contributed by atoms with E-state index in [1.807, 2.05) is 12.1 Å². The number of amides is 1. The molecule has 0 bridgehead atoms. The quantitative estimate of drug-likeness (QED) is 0.680. The lowest BCUT2D eigenvalue weighted by molar-refractivity contribution is -0.135. The van der Waals surface area contributed by atoms with Gasteiger partial charge in [-0.05, 0) is 62.7 Å². The standard InChI is InChI=1S/C26H28N6O/c1-2-20-12-22(29-15-28-20)21-11-19(13-27)25(30-24(21)17-5-6-17)31-9-10-32(26(33)18-7-8-18)23(14-31)16-3-4-16/h2,11-12,15-18,23H,1,3-10,14H2. The highest BCUT2D eigenvalue weighted by Gasteiger charge is 2.45. The Bertz CT molecular complexity index is 1160. The average molecular weight is 441 g/mol. The van der Waals surface area contributed by atoms with Gasteiger partial charge in [-0.1, -0.05) is 6.58 Å². The van der Waals surface area contributed by atoms with Gasteiger partial charge in [-0.3, -0.25) is 4.79 Å². The summed E-state index contributed by atoms with van der Waals surface area (Å²) in [4.78, 5) is 31.1. The largest absolute Gasteiger partial charge is 0.352 e. The Hall–Kier alpha value is -3.27. The first-order chi connectivity index (χ1) is 16.2. The van der Waals surface area contributed by atoms with Crippen LogP contribution in [0.4, 0.5) is 5.82 Å². The zero-order valence-electron chi connectivity index (χ0n) is 18.8. The van der Waals surface area contributed by atoms with E-state index in [0.717, 1.165) is 73.8 Å². The molecular formula is C26H28N6O. The van der Waals surface area contributed by atoms with E-state index in [1.165, 1.54) is 12.8 Å². The van der Waals surface area contributed by atoms with E-state index in [2.05, 4.69) is 32.4 Å². The number of piperazine rings is 1. The van der Waals surface area contributed by atoms with Gasteiger partial charge < -0.3 is 9.80 Å². The summed E-state index contributed by atoms with van der Waals surface area (Å²) in [6, 6.07) is 6.49. The summed E-state index contributed by atoms with van der Waals surface area (Å²) in [7, 11) is 0. The zero-order chi connectivity index (χ0) is 22.5. The molecule has 7 nitrogen and oxygen atoms in total. The summed E-state index contributed by atoms with van der Waals surface area (Å²) in [6.07, 6.45) is 9.93. The summed E-state index contributed by atoms with van der Waals surface area (Å²) in [5.74, 6) is 2.35. The molecule has 7 heteroatoms. The van der Waals surface area contributed by atoms with E-state index in [0.29, 0.717) is 23.3 Å².